The smallest absolute Gasteiger partial charge is 0.351 e. The molecule has 19 heavy (non-hydrogen) atoms. The van der Waals surface area contributed by atoms with Crippen molar-refractivity contribution < 1.29 is 14.3 Å². The van der Waals surface area contributed by atoms with Crippen LogP contribution in [0.3, 0.4) is 0 Å². The summed E-state index contributed by atoms with van der Waals surface area (Å²) in [5.74, 6) is 0.0872. The normalized spacial score (nSPS) is 10.8. The minimum atomic E-state index is -0.462. The van der Waals surface area contributed by atoms with Crippen LogP contribution in [0.25, 0.3) is 0 Å². The number of hydrogen-bond donors (Lipinski definition) is 1. The van der Waals surface area contributed by atoms with Crippen molar-refractivity contribution in [3.63, 3.8) is 0 Å². The van der Waals surface area contributed by atoms with Crippen molar-refractivity contribution in [1.29, 1.82) is 0 Å². The average Bonchev–Trinajstić information content (AvgIpc) is 2.73. The molecule has 0 amide bonds. The van der Waals surface area contributed by atoms with Gasteiger partial charge >= 0.3 is 5.97 Å². The van der Waals surface area contributed by atoms with Crippen LogP contribution in [0.5, 0.6) is 0 Å². The van der Waals surface area contributed by atoms with Crippen LogP contribution in [-0.4, -0.2) is 37.8 Å². The van der Waals surface area contributed by atoms with Crippen molar-refractivity contribution in [3.05, 3.63) is 10.0 Å². The second kappa shape index (κ2) is 8.35. The molecular weight excluding hydrogens is 288 g/mol. The topological polar surface area (TPSA) is 60.5 Å². The first-order chi connectivity index (χ1) is 9.04. The minimum Gasteiger partial charge on any atom is -0.465 e. The predicted octanol–water partition coefficient (Wildman–Crippen LogP) is 3.06. The summed E-state index contributed by atoms with van der Waals surface area (Å²) in [6, 6.07) is 0. The molecule has 0 aliphatic rings. The van der Waals surface area contributed by atoms with E-state index in [9.17, 15) is 4.79 Å². The Balaban J connectivity index is 2.28. The molecule has 1 aromatic rings. The standard InChI is InChI=1S/C12H19ClN2O3S/c1-8(2)7-18-6-4-5-14-12-15-10(13)9(19-12)11(16)17-3/h8H,4-7H2,1-3H3,(H,14,15). The van der Waals surface area contributed by atoms with E-state index in [1.807, 2.05) is 0 Å². The van der Waals surface area contributed by atoms with E-state index in [0.29, 0.717) is 22.5 Å². The zero-order chi connectivity index (χ0) is 14.3. The molecule has 5 nitrogen and oxygen atoms in total. The molecule has 1 aromatic heterocycles. The molecule has 108 valence electrons. The highest BCUT2D eigenvalue weighted by molar-refractivity contribution is 7.18. The summed E-state index contributed by atoms with van der Waals surface area (Å²) in [4.78, 5) is 15.7. The van der Waals surface area contributed by atoms with Crippen molar-refractivity contribution in [1.82, 2.24) is 4.98 Å². The highest BCUT2D eigenvalue weighted by Crippen LogP contribution is 2.27. The van der Waals surface area contributed by atoms with Gasteiger partial charge in [0, 0.05) is 19.8 Å². The van der Waals surface area contributed by atoms with Crippen LogP contribution in [0.2, 0.25) is 5.15 Å². The Bertz CT molecular complexity index is 410. The maximum atomic E-state index is 11.3. The molecule has 0 spiro atoms. The molecule has 1 heterocycles. The van der Waals surface area contributed by atoms with Gasteiger partial charge in [-0.15, -0.1) is 0 Å². The lowest BCUT2D eigenvalue weighted by Gasteiger charge is -2.06. The second-order valence-electron chi connectivity index (χ2n) is 4.38. The lowest BCUT2D eigenvalue weighted by molar-refractivity contribution is 0.0606. The van der Waals surface area contributed by atoms with Crippen LogP contribution in [0, 0.1) is 5.92 Å². The zero-order valence-electron chi connectivity index (χ0n) is 11.4. The van der Waals surface area contributed by atoms with E-state index >= 15 is 0 Å². The van der Waals surface area contributed by atoms with Gasteiger partial charge in [0.2, 0.25) is 0 Å². The van der Waals surface area contributed by atoms with Gasteiger partial charge in [-0.05, 0) is 12.3 Å². The van der Waals surface area contributed by atoms with Gasteiger partial charge in [-0.1, -0.05) is 36.8 Å². The zero-order valence-corrected chi connectivity index (χ0v) is 12.9. The highest BCUT2D eigenvalue weighted by Gasteiger charge is 2.16. The third-order valence-electron chi connectivity index (χ3n) is 2.15. The molecule has 0 aliphatic carbocycles. The molecule has 1 N–H and O–H groups in total. The maximum Gasteiger partial charge on any atom is 0.351 e. The number of nitrogens with one attached hydrogen (secondary N) is 1. The molecule has 0 bridgehead atoms. The van der Waals surface area contributed by atoms with E-state index in [2.05, 4.69) is 28.9 Å². The van der Waals surface area contributed by atoms with Gasteiger partial charge in [0.1, 0.15) is 0 Å². The molecule has 0 aromatic carbocycles. The van der Waals surface area contributed by atoms with E-state index in [1.165, 1.54) is 18.4 Å². The Morgan fingerprint density at radius 1 is 1.53 bits per heavy atom. The Kier molecular flexibility index (Phi) is 7.12. The summed E-state index contributed by atoms with van der Waals surface area (Å²) in [7, 11) is 1.32. The molecule has 0 saturated carbocycles. The van der Waals surface area contributed by atoms with Crippen molar-refractivity contribution >= 4 is 34.0 Å². The monoisotopic (exact) mass is 306 g/mol. The third kappa shape index (κ3) is 5.76. The van der Waals surface area contributed by atoms with Crippen LogP contribution in [0.15, 0.2) is 0 Å². The fraction of sp³-hybridized carbons (Fsp3) is 0.667. The van der Waals surface area contributed by atoms with Crippen LogP contribution in [0.1, 0.15) is 29.9 Å². The SMILES string of the molecule is COC(=O)c1sc(NCCCOCC(C)C)nc1Cl. The number of hydrogen-bond acceptors (Lipinski definition) is 6. The van der Waals surface area contributed by atoms with Gasteiger partial charge < -0.3 is 14.8 Å². The average molecular weight is 307 g/mol. The first-order valence-corrected chi connectivity index (χ1v) is 7.30. The van der Waals surface area contributed by atoms with Crippen molar-refractivity contribution in [2.75, 3.05) is 32.2 Å². The number of rotatable bonds is 8. The lowest BCUT2D eigenvalue weighted by atomic mass is 10.2. The molecule has 0 fully saturated rings. The summed E-state index contributed by atoms with van der Waals surface area (Å²) >= 11 is 7.04. The van der Waals surface area contributed by atoms with E-state index in [0.717, 1.165) is 19.6 Å². The van der Waals surface area contributed by atoms with Crippen LogP contribution in [0.4, 0.5) is 5.13 Å². The van der Waals surface area contributed by atoms with Crippen molar-refractivity contribution in [2.45, 2.75) is 20.3 Å². The number of aromatic nitrogens is 1. The van der Waals surface area contributed by atoms with E-state index in [1.54, 1.807) is 0 Å². The van der Waals surface area contributed by atoms with Crippen molar-refractivity contribution in [3.8, 4) is 0 Å². The minimum absolute atomic E-state index is 0.176. The number of thiazole rings is 1. The molecule has 7 heteroatoms. The Morgan fingerprint density at radius 3 is 2.89 bits per heavy atom. The Morgan fingerprint density at radius 2 is 2.26 bits per heavy atom. The first kappa shape index (κ1) is 16.2. The summed E-state index contributed by atoms with van der Waals surface area (Å²) < 4.78 is 10.1. The number of nitrogens with zero attached hydrogens (tertiary/aromatic N) is 1. The molecular formula is C12H19ClN2O3S. The molecule has 0 saturated heterocycles. The number of methoxy groups -OCH3 is 1. The largest absolute Gasteiger partial charge is 0.465 e. The number of halogens is 1. The summed E-state index contributed by atoms with van der Waals surface area (Å²) in [6.07, 6.45) is 0.872. The van der Waals surface area contributed by atoms with E-state index in [-0.39, 0.29) is 5.15 Å². The quantitative estimate of drug-likeness (QED) is 0.591. The van der Waals surface area contributed by atoms with Gasteiger partial charge in [-0.3, -0.25) is 0 Å². The Labute approximate surface area is 122 Å². The van der Waals surface area contributed by atoms with Gasteiger partial charge in [-0.2, -0.15) is 0 Å². The number of ether oxygens (including phenoxy) is 2. The highest BCUT2D eigenvalue weighted by atomic mass is 35.5. The first-order valence-electron chi connectivity index (χ1n) is 6.10. The Hall–Kier alpha value is -0.850. The van der Waals surface area contributed by atoms with Crippen LogP contribution < -0.4 is 5.32 Å². The fourth-order valence-corrected chi connectivity index (χ4v) is 2.41. The number of carbonyl (C=O) groups excluding carboxylic acids is 1. The lowest BCUT2D eigenvalue weighted by Crippen LogP contribution is -2.08. The molecule has 0 atom stereocenters. The third-order valence-corrected chi connectivity index (χ3v) is 3.53. The van der Waals surface area contributed by atoms with Crippen molar-refractivity contribution in [2.24, 2.45) is 5.92 Å². The van der Waals surface area contributed by atoms with Gasteiger partial charge in [0.15, 0.2) is 15.2 Å². The number of anilines is 1. The molecule has 0 aliphatic heterocycles. The van der Waals surface area contributed by atoms with E-state index < -0.39 is 5.97 Å². The van der Waals surface area contributed by atoms with Crippen LogP contribution in [-0.2, 0) is 9.47 Å². The van der Waals surface area contributed by atoms with E-state index in [4.69, 9.17) is 16.3 Å². The molecule has 0 unspecified atom stereocenters. The number of esters is 1. The summed E-state index contributed by atoms with van der Waals surface area (Å²) in [5.41, 5.74) is 0. The molecule has 1 rings (SSSR count). The second-order valence-corrected chi connectivity index (χ2v) is 5.74. The molecule has 0 radical (unpaired) electrons. The van der Waals surface area contributed by atoms with Gasteiger partial charge in [0.05, 0.1) is 7.11 Å². The maximum absolute atomic E-state index is 11.3. The fourth-order valence-electron chi connectivity index (χ4n) is 1.28. The van der Waals surface area contributed by atoms with Crippen LogP contribution >= 0.6 is 22.9 Å². The summed E-state index contributed by atoms with van der Waals surface area (Å²) in [6.45, 7) is 6.43. The van der Waals surface area contributed by atoms with Gasteiger partial charge in [0.25, 0.3) is 0 Å². The number of carbonyl (C=O) groups is 1. The predicted molar refractivity (Wildman–Crippen MR) is 77.2 cm³/mol. The summed E-state index contributed by atoms with van der Waals surface area (Å²) in [5, 5.41) is 3.90. The van der Waals surface area contributed by atoms with Gasteiger partial charge in [-0.25, -0.2) is 9.78 Å².